The first-order valence-electron chi connectivity index (χ1n) is 22.7. The highest BCUT2D eigenvalue weighted by atomic mass is 16.5. The minimum absolute atomic E-state index is 0.00340. The molecule has 0 spiro atoms. The predicted molar refractivity (Wildman–Crippen MR) is 261 cm³/mol. The highest BCUT2D eigenvalue weighted by Gasteiger charge is 2.48. The van der Waals surface area contributed by atoms with E-state index in [0.717, 1.165) is 0 Å². The van der Waals surface area contributed by atoms with Crippen LogP contribution in [0.5, 0.6) is 69.0 Å². The van der Waals surface area contributed by atoms with Crippen molar-refractivity contribution in [2.45, 2.75) is 42.8 Å². The van der Waals surface area contributed by atoms with Crippen molar-refractivity contribution in [1.82, 2.24) is 0 Å². The second-order valence-electron chi connectivity index (χ2n) is 18.1. The van der Waals surface area contributed by atoms with E-state index in [0.29, 0.717) is 78.3 Å². The molecular weight excluding hydrogens is 905 g/mol. The molecule has 9 N–H and O–H groups in total. The molecule has 0 saturated carbocycles. The Morgan fingerprint density at radius 3 is 1.56 bits per heavy atom. The van der Waals surface area contributed by atoms with Crippen molar-refractivity contribution in [2.24, 2.45) is 0 Å². The second kappa shape index (κ2) is 17.1. The summed E-state index contributed by atoms with van der Waals surface area (Å²) in [5, 5.41) is 99.3. The zero-order valence-corrected chi connectivity index (χ0v) is 37.6. The van der Waals surface area contributed by atoms with Gasteiger partial charge in [-0.25, -0.2) is 0 Å². The molecular formula is C58H44O13. The second-order valence-corrected chi connectivity index (χ2v) is 18.1. The van der Waals surface area contributed by atoms with Gasteiger partial charge in [-0.05, 0) is 123 Å². The normalized spacial score (nSPS) is 19.5. The van der Waals surface area contributed by atoms with E-state index in [1.54, 1.807) is 91.0 Å². The van der Waals surface area contributed by atoms with E-state index in [1.807, 2.05) is 0 Å². The maximum atomic E-state index is 12.4. The fraction of sp³-hybridized carbons (Fsp3) is 0.121. The summed E-state index contributed by atoms with van der Waals surface area (Å²) >= 11 is 0. The highest BCUT2D eigenvalue weighted by molar-refractivity contribution is 5.78. The zero-order chi connectivity index (χ0) is 49.4. The van der Waals surface area contributed by atoms with Crippen LogP contribution in [0.25, 0.3) is 12.2 Å². The van der Waals surface area contributed by atoms with Gasteiger partial charge in [-0.3, -0.25) is 4.79 Å². The molecule has 1 aliphatic carbocycles. The van der Waals surface area contributed by atoms with E-state index in [-0.39, 0.29) is 57.5 Å². The number of benzene rings is 8. The van der Waals surface area contributed by atoms with Crippen LogP contribution in [0, 0.1) is 0 Å². The van der Waals surface area contributed by atoms with E-state index >= 15 is 0 Å². The molecule has 6 atom stereocenters. The fourth-order valence-electron chi connectivity index (χ4n) is 10.8. The Morgan fingerprint density at radius 1 is 0.423 bits per heavy atom. The van der Waals surface area contributed by atoms with Gasteiger partial charge in [0.15, 0.2) is 0 Å². The zero-order valence-electron chi connectivity index (χ0n) is 37.6. The topological polar surface area (TPSA) is 227 Å². The standard InChI is InChI=1S/C58H44O13/c1-28(59)69-42-21-33(50-49(27-42)71-57(31-7-13-36(61)14-8-31)52(50)34-19-38(63)22-39(64)20-34)4-2-29-3-17-46(67)43(18-29)53-44-24-41(66)26-48-55(44)56(58(70-48)32-9-15-37(62)16-10-32)45-23-40(65)25-47(68)54(45)51(53)30-5-11-35(60)12-6-30/h2-27,51-53,56-58,60-68H,1H3/b4-2+. The Labute approximate surface area is 405 Å². The molecule has 13 nitrogen and oxygen atoms in total. The molecule has 71 heavy (non-hydrogen) atoms. The average molecular weight is 949 g/mol. The summed E-state index contributed by atoms with van der Waals surface area (Å²) in [6.07, 6.45) is 2.11. The smallest absolute Gasteiger partial charge is 0.308 e. The molecule has 6 unspecified atom stereocenters. The lowest BCUT2D eigenvalue weighted by molar-refractivity contribution is -0.131. The van der Waals surface area contributed by atoms with Gasteiger partial charge in [-0.15, -0.1) is 0 Å². The van der Waals surface area contributed by atoms with Crippen LogP contribution < -0.4 is 14.2 Å². The molecule has 0 fully saturated rings. The molecule has 8 aromatic carbocycles. The number of hydrogen-bond acceptors (Lipinski definition) is 13. The van der Waals surface area contributed by atoms with E-state index in [4.69, 9.17) is 14.2 Å². The number of hydrogen-bond donors (Lipinski definition) is 9. The third-order valence-corrected chi connectivity index (χ3v) is 13.6. The first-order valence-corrected chi connectivity index (χ1v) is 22.7. The van der Waals surface area contributed by atoms with Gasteiger partial charge >= 0.3 is 5.97 Å². The SMILES string of the molecule is CC(=O)Oc1cc(/C=C/c2ccc(O)c(C3c4cc(O)cc5c4C(c4cc(O)cc(O)c4C3c3ccc(O)cc3)C(c3ccc(O)cc3)O5)c2)c2c(c1)OC(c1ccc(O)cc1)C2c1cc(O)cc(O)c1. The number of phenolic OH excluding ortho intramolecular Hbond substituents is 9. The number of carbonyl (C=O) groups is 1. The molecule has 0 radical (unpaired) electrons. The van der Waals surface area contributed by atoms with Crippen LogP contribution in [-0.2, 0) is 4.79 Å². The lowest BCUT2D eigenvalue weighted by atomic mass is 9.72. The van der Waals surface area contributed by atoms with Gasteiger partial charge in [0.1, 0.15) is 81.2 Å². The van der Waals surface area contributed by atoms with Crippen LogP contribution in [0.15, 0.2) is 146 Å². The molecule has 0 aromatic heterocycles. The Morgan fingerprint density at radius 2 is 0.958 bits per heavy atom. The number of phenols is 9. The summed E-state index contributed by atoms with van der Waals surface area (Å²) in [6.45, 7) is 1.28. The van der Waals surface area contributed by atoms with Crippen molar-refractivity contribution in [3.8, 4) is 69.0 Å². The van der Waals surface area contributed by atoms with Crippen molar-refractivity contribution in [3.05, 3.63) is 212 Å². The fourth-order valence-corrected chi connectivity index (χ4v) is 10.8. The van der Waals surface area contributed by atoms with Gasteiger partial charge in [0.2, 0.25) is 0 Å². The predicted octanol–water partition coefficient (Wildman–Crippen LogP) is 10.9. The van der Waals surface area contributed by atoms with Crippen LogP contribution in [0.3, 0.4) is 0 Å². The van der Waals surface area contributed by atoms with Gasteiger partial charge < -0.3 is 60.2 Å². The van der Waals surface area contributed by atoms with Crippen LogP contribution in [0.1, 0.15) is 110 Å². The number of rotatable bonds is 8. The molecule has 0 amide bonds. The van der Waals surface area contributed by atoms with E-state index in [1.165, 1.54) is 73.7 Å². The number of aromatic hydroxyl groups is 9. The molecule has 8 aromatic rings. The first-order chi connectivity index (χ1) is 34.2. The third-order valence-electron chi connectivity index (χ3n) is 13.6. The molecule has 13 heteroatoms. The Hall–Kier alpha value is -9.23. The average Bonchev–Trinajstić information content (AvgIpc) is 3.87. The Balaban J connectivity index is 1.11. The molecule has 354 valence electrons. The largest absolute Gasteiger partial charge is 0.508 e. The van der Waals surface area contributed by atoms with Gasteiger partial charge in [0, 0.05) is 65.3 Å². The summed E-state index contributed by atoms with van der Waals surface area (Å²) in [6, 6.07) is 38.1. The summed E-state index contributed by atoms with van der Waals surface area (Å²) in [7, 11) is 0. The van der Waals surface area contributed by atoms with Gasteiger partial charge in [0.25, 0.3) is 0 Å². The molecule has 0 saturated heterocycles. The van der Waals surface area contributed by atoms with Crippen molar-refractivity contribution in [2.75, 3.05) is 0 Å². The quantitative estimate of drug-likeness (QED) is 0.0393. The Bertz CT molecular complexity index is 3430. The monoisotopic (exact) mass is 948 g/mol. The van der Waals surface area contributed by atoms with Crippen LogP contribution in [0.4, 0.5) is 0 Å². The van der Waals surface area contributed by atoms with E-state index in [9.17, 15) is 50.8 Å². The van der Waals surface area contributed by atoms with Gasteiger partial charge in [-0.2, -0.15) is 0 Å². The highest BCUT2D eigenvalue weighted by Crippen LogP contribution is 2.63. The summed E-state index contributed by atoms with van der Waals surface area (Å²) in [5.74, 6) is -3.68. The van der Waals surface area contributed by atoms with Crippen LogP contribution >= 0.6 is 0 Å². The molecule has 2 heterocycles. The lowest BCUT2D eigenvalue weighted by Gasteiger charge is -2.31. The number of fused-ring (bicyclic) bond motifs is 3. The van der Waals surface area contributed by atoms with Gasteiger partial charge in [-0.1, -0.05) is 54.6 Å². The van der Waals surface area contributed by atoms with Crippen molar-refractivity contribution in [3.63, 3.8) is 0 Å². The summed E-state index contributed by atoms with van der Waals surface area (Å²) < 4.78 is 18.9. The van der Waals surface area contributed by atoms with E-state index in [2.05, 4.69) is 0 Å². The number of carbonyl (C=O) groups excluding carboxylic acids is 1. The molecule has 0 bridgehead atoms. The van der Waals surface area contributed by atoms with Crippen molar-refractivity contribution < 1.29 is 65.0 Å². The van der Waals surface area contributed by atoms with E-state index < -0.39 is 41.8 Å². The van der Waals surface area contributed by atoms with Crippen molar-refractivity contribution >= 4 is 18.1 Å². The summed E-state index contributed by atoms with van der Waals surface area (Å²) in [5.41, 5.74) is 6.75. The molecule has 3 aliphatic rings. The Kier molecular flexibility index (Phi) is 10.6. The summed E-state index contributed by atoms with van der Waals surface area (Å²) in [4.78, 5) is 12.4. The first kappa shape index (κ1) is 44.3. The van der Waals surface area contributed by atoms with Gasteiger partial charge in [0.05, 0.1) is 11.8 Å². The van der Waals surface area contributed by atoms with Crippen molar-refractivity contribution in [1.29, 1.82) is 0 Å². The number of ether oxygens (including phenoxy) is 3. The van der Waals surface area contributed by atoms with Crippen LogP contribution in [-0.4, -0.2) is 51.9 Å². The lowest BCUT2D eigenvalue weighted by Crippen LogP contribution is -2.16. The van der Waals surface area contributed by atoms with Crippen LogP contribution in [0.2, 0.25) is 0 Å². The molecule has 2 aliphatic heterocycles. The minimum atomic E-state index is -0.881. The third kappa shape index (κ3) is 7.92. The maximum absolute atomic E-state index is 12.4. The number of esters is 1. The minimum Gasteiger partial charge on any atom is -0.508 e. The maximum Gasteiger partial charge on any atom is 0.308 e. The molecule has 11 rings (SSSR count).